The zero-order chi connectivity index (χ0) is 10.8. The third-order valence-corrected chi connectivity index (χ3v) is 2.17. The van der Waals surface area contributed by atoms with Crippen LogP contribution in [0.2, 0.25) is 0 Å². The molecule has 0 aliphatic carbocycles. The van der Waals surface area contributed by atoms with E-state index >= 15 is 0 Å². The molecule has 0 amide bonds. The van der Waals surface area contributed by atoms with Crippen molar-refractivity contribution in [2.45, 2.75) is 13.8 Å². The van der Waals surface area contributed by atoms with E-state index < -0.39 is 0 Å². The van der Waals surface area contributed by atoms with Crippen molar-refractivity contribution in [1.82, 2.24) is 9.97 Å². The van der Waals surface area contributed by atoms with Gasteiger partial charge < -0.3 is 10.3 Å². The van der Waals surface area contributed by atoms with Crippen LogP contribution in [0, 0.1) is 19.7 Å². The number of hydrogen-bond donors (Lipinski definition) is 2. The molecular weight excluding hydrogens is 193 g/mol. The molecule has 0 aliphatic rings. The Kier molecular flexibility index (Phi) is 2.41. The fraction of sp³-hybridized carbons (Fsp3) is 0.182. The Morgan fingerprint density at radius 1 is 1.33 bits per heavy atom. The molecule has 0 unspecified atom stereocenters. The highest BCUT2D eigenvalue weighted by molar-refractivity contribution is 5.58. The summed E-state index contributed by atoms with van der Waals surface area (Å²) in [6.07, 6.45) is 1.69. The lowest BCUT2D eigenvalue weighted by Gasteiger charge is -2.07. The Morgan fingerprint density at radius 3 is 2.73 bits per heavy atom. The number of nitrogens with one attached hydrogen (secondary N) is 2. The van der Waals surface area contributed by atoms with Crippen molar-refractivity contribution in [3.63, 3.8) is 0 Å². The van der Waals surface area contributed by atoms with E-state index in [1.807, 2.05) is 19.9 Å². The molecule has 1 heterocycles. The van der Waals surface area contributed by atoms with Gasteiger partial charge in [0.1, 0.15) is 5.82 Å². The molecule has 2 N–H and O–H groups in total. The van der Waals surface area contributed by atoms with Gasteiger partial charge in [0.15, 0.2) is 0 Å². The molecule has 0 aliphatic heterocycles. The van der Waals surface area contributed by atoms with Crippen LogP contribution in [0.4, 0.5) is 16.0 Å². The minimum Gasteiger partial charge on any atom is -0.328 e. The molecule has 0 spiro atoms. The van der Waals surface area contributed by atoms with Gasteiger partial charge in [-0.15, -0.1) is 0 Å². The summed E-state index contributed by atoms with van der Waals surface area (Å²) in [6, 6.07) is 4.95. The van der Waals surface area contributed by atoms with Crippen LogP contribution in [0.15, 0.2) is 24.4 Å². The minimum absolute atomic E-state index is 0.274. The average molecular weight is 205 g/mol. The summed E-state index contributed by atoms with van der Waals surface area (Å²) in [7, 11) is 0. The van der Waals surface area contributed by atoms with Crippen LogP contribution in [0.5, 0.6) is 0 Å². The summed E-state index contributed by atoms with van der Waals surface area (Å²) < 4.78 is 13.4. The summed E-state index contributed by atoms with van der Waals surface area (Å²) >= 11 is 0. The second-order valence-corrected chi connectivity index (χ2v) is 3.47. The maximum atomic E-state index is 13.4. The van der Waals surface area contributed by atoms with Crippen molar-refractivity contribution in [3.8, 4) is 0 Å². The fourth-order valence-electron chi connectivity index (χ4n) is 1.38. The Bertz CT molecular complexity index is 456. The molecule has 4 heteroatoms. The molecule has 3 nitrogen and oxygen atoms in total. The SMILES string of the molecule is Cc1cnc(Nc2c(C)cccc2F)[nH]1. The van der Waals surface area contributed by atoms with Crippen molar-refractivity contribution in [2.24, 2.45) is 0 Å². The number of rotatable bonds is 2. The third-order valence-electron chi connectivity index (χ3n) is 2.17. The van der Waals surface area contributed by atoms with Crippen LogP contribution >= 0.6 is 0 Å². The minimum atomic E-state index is -0.274. The summed E-state index contributed by atoms with van der Waals surface area (Å²) in [4.78, 5) is 7.05. The van der Waals surface area contributed by atoms with Gasteiger partial charge in [-0.3, -0.25) is 0 Å². The maximum absolute atomic E-state index is 13.4. The number of aromatic nitrogens is 2. The number of halogens is 1. The number of imidazole rings is 1. The number of H-pyrrole nitrogens is 1. The van der Waals surface area contributed by atoms with E-state index in [1.165, 1.54) is 6.07 Å². The molecule has 78 valence electrons. The van der Waals surface area contributed by atoms with E-state index in [0.717, 1.165) is 11.3 Å². The van der Waals surface area contributed by atoms with Crippen molar-refractivity contribution in [2.75, 3.05) is 5.32 Å². The van der Waals surface area contributed by atoms with Crippen LogP contribution < -0.4 is 5.32 Å². The summed E-state index contributed by atoms with van der Waals surface area (Å²) in [5, 5.41) is 2.92. The van der Waals surface area contributed by atoms with Crippen LogP contribution in [0.3, 0.4) is 0 Å². The van der Waals surface area contributed by atoms with Crippen molar-refractivity contribution in [1.29, 1.82) is 0 Å². The standard InChI is InChI=1S/C11H12FN3/c1-7-4-3-5-9(12)10(7)15-11-13-6-8(2)14-11/h3-6H,1-2H3,(H2,13,14,15). The number of para-hydroxylation sites is 1. The van der Waals surface area contributed by atoms with Gasteiger partial charge in [-0.2, -0.15) is 0 Å². The predicted octanol–water partition coefficient (Wildman–Crippen LogP) is 2.91. The van der Waals surface area contributed by atoms with Crippen molar-refractivity contribution in [3.05, 3.63) is 41.5 Å². The van der Waals surface area contributed by atoms with Gasteiger partial charge in [-0.25, -0.2) is 9.37 Å². The Balaban J connectivity index is 2.31. The van der Waals surface area contributed by atoms with Gasteiger partial charge in [0.05, 0.1) is 5.69 Å². The number of hydrogen-bond acceptors (Lipinski definition) is 2. The fourth-order valence-corrected chi connectivity index (χ4v) is 1.38. The molecule has 15 heavy (non-hydrogen) atoms. The first kappa shape index (κ1) is 9.71. The lowest BCUT2D eigenvalue weighted by atomic mass is 10.2. The topological polar surface area (TPSA) is 40.7 Å². The largest absolute Gasteiger partial charge is 0.328 e. The highest BCUT2D eigenvalue weighted by Gasteiger charge is 2.06. The van der Waals surface area contributed by atoms with Crippen molar-refractivity contribution >= 4 is 11.6 Å². The Labute approximate surface area is 87.4 Å². The summed E-state index contributed by atoms with van der Waals surface area (Å²) in [5.74, 6) is 0.282. The van der Waals surface area contributed by atoms with Crippen LogP contribution in [0.1, 0.15) is 11.3 Å². The number of benzene rings is 1. The molecule has 0 atom stereocenters. The molecule has 2 rings (SSSR count). The van der Waals surface area contributed by atoms with E-state index in [-0.39, 0.29) is 5.82 Å². The van der Waals surface area contributed by atoms with Gasteiger partial charge in [-0.1, -0.05) is 12.1 Å². The predicted molar refractivity (Wildman–Crippen MR) is 57.7 cm³/mol. The number of anilines is 2. The Hall–Kier alpha value is -1.84. The molecule has 2 aromatic rings. The first-order chi connectivity index (χ1) is 7.16. The Morgan fingerprint density at radius 2 is 2.13 bits per heavy atom. The highest BCUT2D eigenvalue weighted by Crippen LogP contribution is 2.21. The van der Waals surface area contributed by atoms with Crippen LogP contribution in [-0.2, 0) is 0 Å². The zero-order valence-electron chi connectivity index (χ0n) is 8.63. The second-order valence-electron chi connectivity index (χ2n) is 3.47. The lowest BCUT2D eigenvalue weighted by Crippen LogP contribution is -1.97. The van der Waals surface area contributed by atoms with Crippen molar-refractivity contribution < 1.29 is 4.39 Å². The monoisotopic (exact) mass is 205 g/mol. The summed E-state index contributed by atoms with van der Waals surface area (Å²) in [6.45, 7) is 3.74. The normalized spacial score (nSPS) is 10.3. The molecule has 0 bridgehead atoms. The van der Waals surface area contributed by atoms with E-state index in [0.29, 0.717) is 11.6 Å². The zero-order valence-corrected chi connectivity index (χ0v) is 8.63. The molecule has 0 saturated carbocycles. The average Bonchev–Trinajstić information content (AvgIpc) is 2.58. The first-order valence-electron chi connectivity index (χ1n) is 4.70. The smallest absolute Gasteiger partial charge is 0.204 e. The van der Waals surface area contributed by atoms with Crippen LogP contribution in [-0.4, -0.2) is 9.97 Å². The van der Waals surface area contributed by atoms with Gasteiger partial charge in [-0.05, 0) is 25.5 Å². The lowest BCUT2D eigenvalue weighted by molar-refractivity contribution is 0.630. The van der Waals surface area contributed by atoms with E-state index in [9.17, 15) is 4.39 Å². The molecule has 0 saturated heterocycles. The number of aromatic amines is 1. The van der Waals surface area contributed by atoms with E-state index in [1.54, 1.807) is 12.3 Å². The molecule has 0 fully saturated rings. The second kappa shape index (κ2) is 3.73. The van der Waals surface area contributed by atoms with E-state index in [2.05, 4.69) is 15.3 Å². The van der Waals surface area contributed by atoms with Gasteiger partial charge in [0, 0.05) is 11.9 Å². The molecular formula is C11H12FN3. The molecule has 1 aromatic carbocycles. The quantitative estimate of drug-likeness (QED) is 0.791. The van der Waals surface area contributed by atoms with Gasteiger partial charge in [0.2, 0.25) is 5.95 Å². The number of nitrogens with zero attached hydrogens (tertiary/aromatic N) is 1. The third kappa shape index (κ3) is 1.98. The molecule has 0 radical (unpaired) electrons. The summed E-state index contributed by atoms with van der Waals surface area (Å²) in [5.41, 5.74) is 2.25. The van der Waals surface area contributed by atoms with Gasteiger partial charge in [0.25, 0.3) is 0 Å². The highest BCUT2D eigenvalue weighted by atomic mass is 19.1. The van der Waals surface area contributed by atoms with Crippen LogP contribution in [0.25, 0.3) is 0 Å². The number of aryl methyl sites for hydroxylation is 2. The first-order valence-corrected chi connectivity index (χ1v) is 4.70. The molecule has 1 aromatic heterocycles. The van der Waals surface area contributed by atoms with Gasteiger partial charge >= 0.3 is 0 Å². The maximum Gasteiger partial charge on any atom is 0.204 e. The van der Waals surface area contributed by atoms with E-state index in [4.69, 9.17) is 0 Å².